The first-order chi connectivity index (χ1) is 7.88. The molecule has 1 amide bonds. The summed E-state index contributed by atoms with van der Waals surface area (Å²) >= 11 is 4.06. The molecule has 1 heterocycles. The lowest BCUT2D eigenvalue weighted by atomic mass is 10.2. The van der Waals surface area contributed by atoms with Crippen LogP contribution < -0.4 is 5.32 Å². The number of nitrogens with one attached hydrogen (secondary N) is 1. The minimum absolute atomic E-state index is 0.416. The molecule has 1 rings (SSSR count). The molecule has 17 heavy (non-hydrogen) atoms. The van der Waals surface area contributed by atoms with Crippen molar-refractivity contribution in [2.24, 2.45) is 0 Å². The number of carbonyl (C=O) groups is 1. The monoisotopic (exact) mass is 259 g/mol. The number of amides is 1. The molecule has 0 aliphatic carbocycles. The Morgan fingerprint density at radius 3 is 2.76 bits per heavy atom. The van der Waals surface area contributed by atoms with Gasteiger partial charge >= 0.3 is 6.09 Å². The summed E-state index contributed by atoms with van der Waals surface area (Å²) < 4.78 is 6.64. The van der Waals surface area contributed by atoms with E-state index < -0.39 is 11.7 Å². The molecule has 0 unspecified atom stereocenters. The van der Waals surface area contributed by atoms with Crippen molar-refractivity contribution in [3.63, 3.8) is 0 Å². The van der Waals surface area contributed by atoms with Gasteiger partial charge in [0.25, 0.3) is 0 Å². The van der Waals surface area contributed by atoms with Crippen molar-refractivity contribution in [2.45, 2.75) is 44.5 Å². The molecule has 0 atom stereocenters. The molecule has 0 fully saturated rings. The molecule has 0 radical (unpaired) electrons. The van der Waals surface area contributed by atoms with E-state index in [4.69, 9.17) is 4.74 Å². The minimum atomic E-state index is -0.474. The maximum Gasteiger partial charge on any atom is 0.407 e. The Morgan fingerprint density at radius 2 is 2.24 bits per heavy atom. The lowest BCUT2D eigenvalue weighted by Gasteiger charge is -2.19. The van der Waals surface area contributed by atoms with Crippen LogP contribution in [-0.2, 0) is 11.3 Å². The molecule has 1 aromatic rings. The smallest absolute Gasteiger partial charge is 0.407 e. The highest BCUT2D eigenvalue weighted by Gasteiger charge is 2.15. The van der Waals surface area contributed by atoms with E-state index in [1.165, 1.54) is 0 Å². The Balaban J connectivity index is 2.17. The highest BCUT2D eigenvalue weighted by molar-refractivity contribution is 7.80. The summed E-state index contributed by atoms with van der Waals surface area (Å²) in [5.41, 5.74) is -0.474. The molecule has 0 bridgehead atoms. The Hall–Kier alpha value is -1.31. The van der Waals surface area contributed by atoms with Crippen molar-refractivity contribution in [3.05, 3.63) is 0 Å². The van der Waals surface area contributed by atoms with E-state index in [1.807, 2.05) is 20.8 Å². The second-order valence-electron chi connectivity index (χ2n) is 4.48. The number of tetrazole rings is 1. The van der Waals surface area contributed by atoms with Crippen LogP contribution in [0.2, 0.25) is 0 Å². The van der Waals surface area contributed by atoms with Gasteiger partial charge in [-0.25, -0.2) is 9.48 Å². The third kappa shape index (κ3) is 5.53. The van der Waals surface area contributed by atoms with Crippen LogP contribution in [0.25, 0.3) is 0 Å². The minimum Gasteiger partial charge on any atom is -0.444 e. The number of hydrogen-bond acceptors (Lipinski definition) is 6. The van der Waals surface area contributed by atoms with Gasteiger partial charge in [0.1, 0.15) is 5.60 Å². The lowest BCUT2D eigenvalue weighted by molar-refractivity contribution is 0.0526. The number of aromatic nitrogens is 4. The summed E-state index contributed by atoms with van der Waals surface area (Å²) in [5, 5.41) is 13.9. The van der Waals surface area contributed by atoms with E-state index >= 15 is 0 Å². The van der Waals surface area contributed by atoms with Crippen molar-refractivity contribution >= 4 is 18.7 Å². The fraction of sp³-hybridized carbons (Fsp3) is 0.778. The van der Waals surface area contributed by atoms with Crippen LogP contribution in [0, 0.1) is 0 Å². The van der Waals surface area contributed by atoms with E-state index in [0.717, 1.165) is 0 Å². The van der Waals surface area contributed by atoms with Crippen LogP contribution in [0.15, 0.2) is 5.16 Å². The number of thiol groups is 1. The van der Waals surface area contributed by atoms with Crippen molar-refractivity contribution in [2.75, 3.05) is 6.54 Å². The molecular formula is C9H17N5O2S. The molecule has 0 aliphatic heterocycles. The van der Waals surface area contributed by atoms with Gasteiger partial charge < -0.3 is 10.1 Å². The van der Waals surface area contributed by atoms with Gasteiger partial charge in [0, 0.05) is 13.1 Å². The third-order valence-corrected chi connectivity index (χ3v) is 2.05. The van der Waals surface area contributed by atoms with Gasteiger partial charge in [-0.3, -0.25) is 0 Å². The molecule has 1 N–H and O–H groups in total. The number of hydrogen-bond donors (Lipinski definition) is 2. The fourth-order valence-electron chi connectivity index (χ4n) is 1.08. The van der Waals surface area contributed by atoms with Crippen LogP contribution in [0.4, 0.5) is 4.79 Å². The van der Waals surface area contributed by atoms with Crippen LogP contribution in [0.1, 0.15) is 27.2 Å². The first-order valence-electron chi connectivity index (χ1n) is 5.30. The number of alkyl carbamates (subject to hydrolysis) is 1. The lowest BCUT2D eigenvalue weighted by Crippen LogP contribution is -2.33. The predicted molar refractivity (Wildman–Crippen MR) is 63.9 cm³/mol. The molecule has 0 spiro atoms. The molecule has 0 aromatic carbocycles. The van der Waals surface area contributed by atoms with Gasteiger partial charge in [-0.15, -0.1) is 17.7 Å². The molecule has 8 heteroatoms. The van der Waals surface area contributed by atoms with Crippen LogP contribution >= 0.6 is 12.6 Å². The molecule has 7 nitrogen and oxygen atoms in total. The van der Waals surface area contributed by atoms with Crippen molar-refractivity contribution in [3.8, 4) is 0 Å². The largest absolute Gasteiger partial charge is 0.444 e. The third-order valence-electron chi connectivity index (χ3n) is 1.73. The Labute approximate surface area is 105 Å². The number of ether oxygens (including phenoxy) is 1. The maximum atomic E-state index is 11.3. The zero-order valence-corrected chi connectivity index (χ0v) is 11.1. The molecule has 0 aliphatic rings. The SMILES string of the molecule is CC(C)(C)OC(=O)NCCCn1nnnc1S. The van der Waals surface area contributed by atoms with Gasteiger partial charge in [0.2, 0.25) is 5.16 Å². The Bertz CT molecular complexity index is 374. The molecular weight excluding hydrogens is 242 g/mol. The first-order valence-corrected chi connectivity index (χ1v) is 5.75. The molecule has 0 saturated carbocycles. The van der Waals surface area contributed by atoms with Crippen molar-refractivity contribution in [1.82, 2.24) is 25.5 Å². The van der Waals surface area contributed by atoms with Crippen molar-refractivity contribution in [1.29, 1.82) is 0 Å². The Kier molecular flexibility index (Phi) is 4.73. The normalized spacial score (nSPS) is 11.3. The zero-order chi connectivity index (χ0) is 12.9. The van der Waals surface area contributed by atoms with Gasteiger partial charge in [-0.2, -0.15) is 0 Å². The first kappa shape index (κ1) is 13.8. The van der Waals surface area contributed by atoms with Gasteiger partial charge in [0.05, 0.1) is 0 Å². The quantitative estimate of drug-likeness (QED) is 0.619. The summed E-state index contributed by atoms with van der Waals surface area (Å²) in [5.74, 6) is 0. The predicted octanol–water partition coefficient (Wildman–Crippen LogP) is 0.877. The summed E-state index contributed by atoms with van der Waals surface area (Å²) in [7, 11) is 0. The maximum absolute atomic E-state index is 11.3. The second kappa shape index (κ2) is 5.85. The average molecular weight is 259 g/mol. The van der Waals surface area contributed by atoms with E-state index in [0.29, 0.717) is 24.7 Å². The summed E-state index contributed by atoms with van der Waals surface area (Å²) in [6.45, 7) is 6.56. The number of nitrogens with zero attached hydrogens (tertiary/aromatic N) is 4. The molecule has 1 aromatic heterocycles. The molecule has 0 saturated heterocycles. The van der Waals surface area contributed by atoms with E-state index in [1.54, 1.807) is 4.68 Å². The zero-order valence-electron chi connectivity index (χ0n) is 10.2. The number of rotatable bonds is 4. The van der Waals surface area contributed by atoms with Gasteiger partial charge in [-0.1, -0.05) is 0 Å². The summed E-state index contributed by atoms with van der Waals surface area (Å²) in [4.78, 5) is 11.3. The highest BCUT2D eigenvalue weighted by atomic mass is 32.1. The van der Waals surface area contributed by atoms with Crippen LogP contribution in [0.3, 0.4) is 0 Å². The van der Waals surface area contributed by atoms with Gasteiger partial charge in [-0.05, 0) is 37.6 Å². The van der Waals surface area contributed by atoms with E-state index in [9.17, 15) is 4.79 Å². The summed E-state index contributed by atoms with van der Waals surface area (Å²) in [6.07, 6.45) is 0.290. The topological polar surface area (TPSA) is 81.9 Å². The van der Waals surface area contributed by atoms with Crippen LogP contribution in [0.5, 0.6) is 0 Å². The van der Waals surface area contributed by atoms with E-state index in [-0.39, 0.29) is 0 Å². The highest BCUT2D eigenvalue weighted by Crippen LogP contribution is 2.06. The summed E-state index contributed by atoms with van der Waals surface area (Å²) in [6, 6.07) is 0. The molecule has 96 valence electrons. The standard InChI is InChI=1S/C9H17N5O2S/c1-9(2,3)16-8(15)10-5-4-6-14-7(17)11-12-13-14/h4-6H2,1-3H3,(H,10,15)(H,11,13,17). The van der Waals surface area contributed by atoms with Gasteiger partial charge in [0.15, 0.2) is 0 Å². The fourth-order valence-corrected chi connectivity index (χ4v) is 1.26. The second-order valence-corrected chi connectivity index (χ2v) is 4.88. The number of aryl methyl sites for hydroxylation is 1. The van der Waals surface area contributed by atoms with E-state index in [2.05, 4.69) is 33.5 Å². The van der Waals surface area contributed by atoms with Crippen LogP contribution in [-0.4, -0.2) is 38.4 Å². The number of carbonyl (C=O) groups excluding carboxylic acids is 1. The average Bonchev–Trinajstić information content (AvgIpc) is 2.56. The van der Waals surface area contributed by atoms with Crippen molar-refractivity contribution < 1.29 is 9.53 Å². The Morgan fingerprint density at radius 1 is 1.53 bits per heavy atom.